The van der Waals surface area contributed by atoms with Gasteiger partial charge in [-0.25, -0.2) is 0 Å². The van der Waals surface area contributed by atoms with Gasteiger partial charge < -0.3 is 5.32 Å². The maximum Gasteiger partial charge on any atom is 0.256 e. The number of carbonyl (C=O) groups is 1. The normalized spacial score (nSPS) is 15.5. The number of amides is 1. The van der Waals surface area contributed by atoms with Crippen molar-refractivity contribution in [1.29, 1.82) is 0 Å². The standard InChI is InChI=1S/C15H9Cl2NO/c16-12-6-5-9(8-13(12)17)7-11-10-3-1-2-4-14(10)18-15(11)19/h1-8H,(H,18,19)/b11-7+. The van der Waals surface area contributed by atoms with Crippen molar-refractivity contribution in [3.8, 4) is 0 Å². The van der Waals surface area contributed by atoms with Crippen molar-refractivity contribution >= 4 is 46.4 Å². The van der Waals surface area contributed by atoms with Gasteiger partial charge in [0.25, 0.3) is 5.91 Å². The fourth-order valence-corrected chi connectivity index (χ4v) is 2.36. The molecule has 1 aliphatic rings. The molecule has 0 radical (unpaired) electrons. The number of rotatable bonds is 1. The summed E-state index contributed by atoms with van der Waals surface area (Å²) in [5.41, 5.74) is 3.21. The molecule has 0 bridgehead atoms. The Morgan fingerprint density at radius 3 is 2.58 bits per heavy atom. The Balaban J connectivity index is 2.08. The molecule has 0 saturated carbocycles. The number of nitrogens with one attached hydrogen (secondary N) is 1. The number of hydrogen-bond donors (Lipinski definition) is 1. The average molecular weight is 290 g/mol. The predicted octanol–water partition coefficient (Wildman–Crippen LogP) is 4.49. The molecule has 4 heteroatoms. The summed E-state index contributed by atoms with van der Waals surface area (Å²) in [5.74, 6) is -0.104. The highest BCUT2D eigenvalue weighted by Gasteiger charge is 2.23. The maximum atomic E-state index is 11.9. The van der Waals surface area contributed by atoms with E-state index in [0.717, 1.165) is 16.8 Å². The van der Waals surface area contributed by atoms with Gasteiger partial charge in [0.15, 0.2) is 0 Å². The lowest BCUT2D eigenvalue weighted by Crippen LogP contribution is -2.03. The fraction of sp³-hybridized carbons (Fsp3) is 0. The third-order valence-electron chi connectivity index (χ3n) is 2.96. The summed E-state index contributed by atoms with van der Waals surface area (Å²) in [6.07, 6.45) is 1.81. The highest BCUT2D eigenvalue weighted by atomic mass is 35.5. The van der Waals surface area contributed by atoms with Gasteiger partial charge in [-0.05, 0) is 29.8 Å². The van der Waals surface area contributed by atoms with Gasteiger partial charge in [-0.3, -0.25) is 4.79 Å². The zero-order chi connectivity index (χ0) is 13.4. The molecule has 0 atom stereocenters. The Hall–Kier alpha value is -1.77. The minimum Gasteiger partial charge on any atom is -0.321 e. The molecule has 0 spiro atoms. The fourth-order valence-electron chi connectivity index (χ4n) is 2.05. The molecule has 0 saturated heterocycles. The van der Waals surface area contributed by atoms with E-state index in [1.54, 1.807) is 12.1 Å². The van der Waals surface area contributed by atoms with Crippen LogP contribution in [0.3, 0.4) is 0 Å². The minimum absolute atomic E-state index is 0.104. The monoisotopic (exact) mass is 289 g/mol. The van der Waals surface area contributed by atoms with E-state index < -0.39 is 0 Å². The van der Waals surface area contributed by atoms with E-state index in [-0.39, 0.29) is 5.91 Å². The smallest absolute Gasteiger partial charge is 0.256 e. The second-order valence-corrected chi connectivity index (χ2v) is 5.05. The molecule has 19 heavy (non-hydrogen) atoms. The van der Waals surface area contributed by atoms with Gasteiger partial charge in [0, 0.05) is 16.8 Å². The molecular weight excluding hydrogens is 281 g/mol. The minimum atomic E-state index is -0.104. The molecule has 2 aromatic rings. The van der Waals surface area contributed by atoms with Crippen LogP contribution >= 0.6 is 23.2 Å². The summed E-state index contributed by atoms with van der Waals surface area (Å²) >= 11 is 11.8. The highest BCUT2D eigenvalue weighted by Crippen LogP contribution is 2.33. The zero-order valence-corrected chi connectivity index (χ0v) is 11.3. The van der Waals surface area contributed by atoms with E-state index in [9.17, 15) is 4.79 Å². The van der Waals surface area contributed by atoms with Gasteiger partial charge in [-0.15, -0.1) is 0 Å². The van der Waals surface area contributed by atoms with Crippen molar-refractivity contribution in [2.75, 3.05) is 5.32 Å². The molecule has 1 aliphatic heterocycles. The van der Waals surface area contributed by atoms with E-state index in [0.29, 0.717) is 15.6 Å². The van der Waals surface area contributed by atoms with Gasteiger partial charge in [-0.1, -0.05) is 47.5 Å². The second kappa shape index (κ2) is 4.72. The number of carbonyl (C=O) groups excluding carboxylic acids is 1. The van der Waals surface area contributed by atoms with Crippen molar-refractivity contribution in [2.45, 2.75) is 0 Å². The van der Waals surface area contributed by atoms with Crippen LogP contribution < -0.4 is 5.32 Å². The van der Waals surface area contributed by atoms with E-state index >= 15 is 0 Å². The Morgan fingerprint density at radius 1 is 1.00 bits per heavy atom. The average Bonchev–Trinajstić information content (AvgIpc) is 2.71. The maximum absolute atomic E-state index is 11.9. The van der Waals surface area contributed by atoms with Crippen molar-refractivity contribution in [1.82, 2.24) is 0 Å². The van der Waals surface area contributed by atoms with E-state index in [1.165, 1.54) is 0 Å². The lowest BCUT2D eigenvalue weighted by atomic mass is 10.0. The molecule has 0 fully saturated rings. The van der Waals surface area contributed by atoms with Gasteiger partial charge in [0.05, 0.1) is 10.0 Å². The van der Waals surface area contributed by atoms with E-state index in [4.69, 9.17) is 23.2 Å². The molecule has 1 heterocycles. The van der Waals surface area contributed by atoms with Gasteiger partial charge in [0.1, 0.15) is 0 Å². The molecule has 94 valence electrons. The van der Waals surface area contributed by atoms with Crippen LogP contribution in [0.2, 0.25) is 10.0 Å². The van der Waals surface area contributed by atoms with Crippen LogP contribution in [0, 0.1) is 0 Å². The predicted molar refractivity (Wildman–Crippen MR) is 79.4 cm³/mol. The number of fused-ring (bicyclic) bond motifs is 1. The number of para-hydroxylation sites is 1. The zero-order valence-electron chi connectivity index (χ0n) is 9.78. The lowest BCUT2D eigenvalue weighted by Gasteiger charge is -2.00. The number of hydrogen-bond acceptors (Lipinski definition) is 1. The Kier molecular flexibility index (Phi) is 3.05. The van der Waals surface area contributed by atoms with Crippen LogP contribution in [-0.2, 0) is 4.79 Å². The summed E-state index contributed by atoms with van der Waals surface area (Å²) in [5, 5.41) is 3.80. The largest absolute Gasteiger partial charge is 0.321 e. The molecule has 1 amide bonds. The third-order valence-corrected chi connectivity index (χ3v) is 3.70. The summed E-state index contributed by atoms with van der Waals surface area (Å²) < 4.78 is 0. The van der Waals surface area contributed by atoms with E-state index in [2.05, 4.69) is 5.32 Å². The first-order chi connectivity index (χ1) is 9.15. The van der Waals surface area contributed by atoms with Crippen LogP contribution in [0.5, 0.6) is 0 Å². The molecule has 2 aromatic carbocycles. The molecule has 0 aliphatic carbocycles. The highest BCUT2D eigenvalue weighted by molar-refractivity contribution is 6.42. The molecule has 2 nitrogen and oxygen atoms in total. The first-order valence-corrected chi connectivity index (χ1v) is 6.48. The van der Waals surface area contributed by atoms with Crippen molar-refractivity contribution in [3.05, 3.63) is 63.6 Å². The second-order valence-electron chi connectivity index (χ2n) is 4.23. The van der Waals surface area contributed by atoms with Gasteiger partial charge in [-0.2, -0.15) is 0 Å². The summed E-state index contributed by atoms with van der Waals surface area (Å²) in [4.78, 5) is 11.9. The molecular formula is C15H9Cl2NO. The Bertz CT molecular complexity index is 707. The molecule has 1 N–H and O–H groups in total. The van der Waals surface area contributed by atoms with Crippen molar-refractivity contribution in [2.24, 2.45) is 0 Å². The number of anilines is 1. The first-order valence-electron chi connectivity index (χ1n) is 5.72. The Labute approximate surface area is 120 Å². The van der Waals surface area contributed by atoms with Crippen LogP contribution in [0.4, 0.5) is 5.69 Å². The Morgan fingerprint density at radius 2 is 1.79 bits per heavy atom. The van der Waals surface area contributed by atoms with Gasteiger partial charge >= 0.3 is 0 Å². The number of halogens is 2. The van der Waals surface area contributed by atoms with Crippen LogP contribution in [0.1, 0.15) is 11.1 Å². The van der Waals surface area contributed by atoms with Crippen molar-refractivity contribution in [3.63, 3.8) is 0 Å². The van der Waals surface area contributed by atoms with Gasteiger partial charge in [0.2, 0.25) is 0 Å². The number of benzene rings is 2. The van der Waals surface area contributed by atoms with Crippen LogP contribution in [-0.4, -0.2) is 5.91 Å². The van der Waals surface area contributed by atoms with Crippen LogP contribution in [0.15, 0.2) is 42.5 Å². The quantitative estimate of drug-likeness (QED) is 0.770. The first kappa shape index (κ1) is 12.3. The summed E-state index contributed by atoms with van der Waals surface area (Å²) in [7, 11) is 0. The summed E-state index contributed by atoms with van der Waals surface area (Å²) in [6.45, 7) is 0. The van der Waals surface area contributed by atoms with Crippen molar-refractivity contribution < 1.29 is 4.79 Å². The SMILES string of the molecule is O=C1Nc2ccccc2/C1=C\c1ccc(Cl)c(Cl)c1. The molecule has 3 rings (SSSR count). The van der Waals surface area contributed by atoms with Crippen LogP contribution in [0.25, 0.3) is 11.6 Å². The molecule has 0 unspecified atom stereocenters. The van der Waals surface area contributed by atoms with E-state index in [1.807, 2.05) is 36.4 Å². The molecule has 0 aromatic heterocycles. The third kappa shape index (κ3) is 2.25. The lowest BCUT2D eigenvalue weighted by molar-refractivity contribution is -0.110. The topological polar surface area (TPSA) is 29.1 Å². The summed E-state index contributed by atoms with van der Waals surface area (Å²) in [6, 6.07) is 12.9.